The normalized spacial score (nSPS) is 9.84. The molecule has 0 fully saturated rings. The van der Waals surface area contributed by atoms with E-state index in [-0.39, 0.29) is 5.91 Å². The van der Waals surface area contributed by atoms with E-state index in [0.717, 1.165) is 5.76 Å². The Bertz CT molecular complexity index is 588. The maximum absolute atomic E-state index is 11.7. The molecule has 96 valence electrons. The van der Waals surface area contributed by atoms with Crippen molar-refractivity contribution in [1.82, 2.24) is 0 Å². The van der Waals surface area contributed by atoms with Crippen molar-refractivity contribution >= 4 is 23.4 Å². The maximum Gasteiger partial charge on any atom is 0.234 e. The molecule has 0 spiro atoms. The lowest BCUT2D eigenvalue weighted by atomic mass is 10.2. The minimum Gasteiger partial charge on any atom is -0.468 e. The molecular weight excluding hydrogens is 260 g/mol. The van der Waals surface area contributed by atoms with E-state index < -0.39 is 0 Å². The summed E-state index contributed by atoms with van der Waals surface area (Å²) in [6, 6.07) is 12.7. The summed E-state index contributed by atoms with van der Waals surface area (Å²) in [4.78, 5) is 11.7. The lowest BCUT2D eigenvalue weighted by Crippen LogP contribution is -2.15. The van der Waals surface area contributed by atoms with Crippen LogP contribution in [-0.2, 0) is 10.5 Å². The summed E-state index contributed by atoms with van der Waals surface area (Å²) in [5, 5.41) is 11.6. The summed E-state index contributed by atoms with van der Waals surface area (Å²) in [5.41, 5.74) is 1.01. The van der Waals surface area contributed by atoms with E-state index in [9.17, 15) is 4.79 Å². The monoisotopic (exact) mass is 272 g/mol. The molecule has 0 bridgehead atoms. The van der Waals surface area contributed by atoms with E-state index in [0.29, 0.717) is 22.8 Å². The van der Waals surface area contributed by atoms with Gasteiger partial charge in [0, 0.05) is 0 Å². The molecule has 0 aliphatic carbocycles. The number of carbonyl (C=O) groups excluding carboxylic acids is 1. The Morgan fingerprint density at radius 3 is 2.89 bits per heavy atom. The zero-order chi connectivity index (χ0) is 13.5. The van der Waals surface area contributed by atoms with Gasteiger partial charge < -0.3 is 9.73 Å². The number of para-hydroxylation sites is 1. The first-order chi connectivity index (χ1) is 9.29. The molecule has 4 nitrogen and oxygen atoms in total. The fraction of sp³-hybridized carbons (Fsp3) is 0.143. The number of nitriles is 1. The minimum atomic E-state index is -0.126. The number of amides is 1. The Morgan fingerprint density at radius 1 is 1.32 bits per heavy atom. The van der Waals surface area contributed by atoms with Crippen LogP contribution in [0, 0.1) is 11.3 Å². The lowest BCUT2D eigenvalue weighted by Gasteiger charge is -2.06. The summed E-state index contributed by atoms with van der Waals surface area (Å²) < 4.78 is 5.17. The Balaban J connectivity index is 1.83. The van der Waals surface area contributed by atoms with Crippen molar-refractivity contribution in [2.75, 3.05) is 11.1 Å². The van der Waals surface area contributed by atoms with Crippen LogP contribution in [0.5, 0.6) is 0 Å². The highest BCUT2D eigenvalue weighted by Crippen LogP contribution is 2.16. The van der Waals surface area contributed by atoms with Crippen molar-refractivity contribution < 1.29 is 9.21 Å². The van der Waals surface area contributed by atoms with Gasteiger partial charge in [0.1, 0.15) is 11.8 Å². The SMILES string of the molecule is N#Cc1ccccc1NC(=O)CSCc1ccco1. The van der Waals surface area contributed by atoms with E-state index >= 15 is 0 Å². The van der Waals surface area contributed by atoms with E-state index in [1.165, 1.54) is 11.8 Å². The second-order valence-electron chi connectivity index (χ2n) is 3.78. The van der Waals surface area contributed by atoms with Crippen molar-refractivity contribution in [3.05, 3.63) is 54.0 Å². The average Bonchev–Trinajstić information content (AvgIpc) is 2.92. The van der Waals surface area contributed by atoms with Gasteiger partial charge in [-0.3, -0.25) is 4.79 Å². The molecule has 2 aromatic rings. The number of hydrogen-bond acceptors (Lipinski definition) is 4. The van der Waals surface area contributed by atoms with Crippen LogP contribution in [0.4, 0.5) is 5.69 Å². The van der Waals surface area contributed by atoms with Gasteiger partial charge in [-0.25, -0.2) is 0 Å². The molecule has 0 radical (unpaired) electrons. The molecule has 1 aromatic carbocycles. The van der Waals surface area contributed by atoms with Gasteiger partial charge in [-0.2, -0.15) is 5.26 Å². The van der Waals surface area contributed by atoms with Crippen molar-refractivity contribution in [1.29, 1.82) is 5.26 Å². The van der Waals surface area contributed by atoms with Gasteiger partial charge in [-0.15, -0.1) is 11.8 Å². The predicted octanol–water partition coefficient (Wildman–Crippen LogP) is 3.02. The van der Waals surface area contributed by atoms with Crippen LogP contribution in [0.3, 0.4) is 0 Å². The molecule has 5 heteroatoms. The molecule has 1 aromatic heterocycles. The third-order valence-electron chi connectivity index (χ3n) is 2.38. The standard InChI is InChI=1S/C14H12N2O2S/c15-8-11-4-1-2-6-13(11)16-14(17)10-19-9-12-5-3-7-18-12/h1-7H,9-10H2,(H,16,17). The molecule has 0 unspecified atom stereocenters. The predicted molar refractivity (Wildman–Crippen MR) is 74.7 cm³/mol. The van der Waals surface area contributed by atoms with Gasteiger partial charge in [0.15, 0.2) is 0 Å². The summed E-state index contributed by atoms with van der Waals surface area (Å²) in [6.45, 7) is 0. The molecular formula is C14H12N2O2S. The summed E-state index contributed by atoms with van der Waals surface area (Å²) in [6.07, 6.45) is 1.61. The van der Waals surface area contributed by atoms with Crippen LogP contribution in [-0.4, -0.2) is 11.7 Å². The van der Waals surface area contributed by atoms with Gasteiger partial charge in [-0.1, -0.05) is 12.1 Å². The molecule has 0 saturated carbocycles. The van der Waals surface area contributed by atoms with Gasteiger partial charge in [0.25, 0.3) is 0 Å². The molecule has 1 heterocycles. The van der Waals surface area contributed by atoms with Crippen LogP contribution >= 0.6 is 11.8 Å². The van der Waals surface area contributed by atoms with Gasteiger partial charge in [-0.05, 0) is 24.3 Å². The van der Waals surface area contributed by atoms with Crippen LogP contribution in [0.15, 0.2) is 47.1 Å². The first kappa shape index (κ1) is 13.2. The van der Waals surface area contributed by atoms with Crippen LogP contribution in [0.1, 0.15) is 11.3 Å². The lowest BCUT2D eigenvalue weighted by molar-refractivity contribution is -0.113. The number of nitrogens with zero attached hydrogens (tertiary/aromatic N) is 1. The van der Waals surface area contributed by atoms with E-state index in [4.69, 9.17) is 9.68 Å². The van der Waals surface area contributed by atoms with E-state index in [1.54, 1.807) is 30.5 Å². The fourth-order valence-electron chi connectivity index (χ4n) is 1.51. The second-order valence-corrected chi connectivity index (χ2v) is 4.76. The first-order valence-corrected chi connectivity index (χ1v) is 6.84. The molecule has 19 heavy (non-hydrogen) atoms. The van der Waals surface area contributed by atoms with E-state index in [1.807, 2.05) is 18.2 Å². The Labute approximate surface area is 115 Å². The summed E-state index contributed by atoms with van der Waals surface area (Å²) >= 11 is 1.46. The zero-order valence-corrected chi connectivity index (χ0v) is 10.9. The van der Waals surface area contributed by atoms with Gasteiger partial charge >= 0.3 is 0 Å². The maximum atomic E-state index is 11.7. The van der Waals surface area contributed by atoms with Crippen molar-refractivity contribution in [3.8, 4) is 6.07 Å². The number of benzene rings is 1. The van der Waals surface area contributed by atoms with Crippen molar-refractivity contribution in [3.63, 3.8) is 0 Å². The highest BCUT2D eigenvalue weighted by Gasteiger charge is 2.06. The smallest absolute Gasteiger partial charge is 0.234 e. The van der Waals surface area contributed by atoms with Gasteiger partial charge in [0.2, 0.25) is 5.91 Å². The summed E-state index contributed by atoms with van der Waals surface area (Å²) in [5.74, 6) is 1.69. The Hall–Kier alpha value is -2.19. The molecule has 0 atom stereocenters. The topological polar surface area (TPSA) is 66.0 Å². The molecule has 0 aliphatic heterocycles. The zero-order valence-electron chi connectivity index (χ0n) is 10.1. The second kappa shape index (κ2) is 6.66. The number of anilines is 1. The number of rotatable bonds is 5. The quantitative estimate of drug-likeness (QED) is 0.908. The number of nitrogens with one attached hydrogen (secondary N) is 1. The third-order valence-corrected chi connectivity index (χ3v) is 3.33. The number of furan rings is 1. The number of thioether (sulfide) groups is 1. The Morgan fingerprint density at radius 2 is 2.16 bits per heavy atom. The highest BCUT2D eigenvalue weighted by molar-refractivity contribution is 7.99. The van der Waals surface area contributed by atoms with Crippen molar-refractivity contribution in [2.24, 2.45) is 0 Å². The van der Waals surface area contributed by atoms with Crippen LogP contribution in [0.25, 0.3) is 0 Å². The highest BCUT2D eigenvalue weighted by atomic mass is 32.2. The average molecular weight is 272 g/mol. The van der Waals surface area contributed by atoms with Crippen molar-refractivity contribution in [2.45, 2.75) is 5.75 Å². The molecule has 0 aliphatic rings. The Kier molecular flexibility index (Phi) is 4.65. The minimum absolute atomic E-state index is 0.126. The largest absolute Gasteiger partial charge is 0.468 e. The number of hydrogen-bond donors (Lipinski definition) is 1. The molecule has 1 N–H and O–H groups in total. The molecule has 1 amide bonds. The third kappa shape index (κ3) is 3.90. The van der Waals surface area contributed by atoms with E-state index in [2.05, 4.69) is 5.32 Å². The fourth-order valence-corrected chi connectivity index (χ4v) is 2.24. The number of carbonyl (C=O) groups is 1. The van der Waals surface area contributed by atoms with Crippen LogP contribution < -0.4 is 5.32 Å². The summed E-state index contributed by atoms with van der Waals surface area (Å²) in [7, 11) is 0. The van der Waals surface area contributed by atoms with Crippen LogP contribution in [0.2, 0.25) is 0 Å². The van der Waals surface area contributed by atoms with Gasteiger partial charge in [0.05, 0.1) is 29.0 Å². The molecule has 2 rings (SSSR count). The molecule has 0 saturated heterocycles. The first-order valence-electron chi connectivity index (χ1n) is 5.68.